The van der Waals surface area contributed by atoms with E-state index in [9.17, 15) is 0 Å². The third kappa shape index (κ3) is 4.49. The SMILES string of the molecule is CC1(C2=NC(NC3=C(C4(C)CC=CCC4)c4sc5c(c4CC3)CCC=C5)N3C[C@H]23)C=CC(C)(C2(C)CC=CC3(C)C=CC=CC32)CC1. The summed E-state index contributed by atoms with van der Waals surface area (Å²) in [7, 11) is 0. The van der Waals surface area contributed by atoms with E-state index >= 15 is 0 Å². The van der Waals surface area contributed by atoms with Crippen LogP contribution in [-0.2, 0) is 12.8 Å². The fourth-order valence-corrected chi connectivity index (χ4v) is 12.4. The standard InChI is InChI=1S/C43H53N3S/c1-39-19-12-9-16-34(39)43(5,23-13-22-39)42(4)26-24-41(3,25-27-42)37-32-28-46(32)38(45-37)44-31-18-17-30-29-14-7-8-15-33(29)47-36(30)35(31)40(2)20-10-6-11-21-40/h6,8-10,12-13,15-16,19,22,24,26,32,34,38,44H,7,11,14,17-18,20-21,23,25,27-28H2,1-5H3/t32-,34?,38?,39?,40?,41?,42?,43?,46?/m1/s1. The van der Waals surface area contributed by atoms with E-state index < -0.39 is 0 Å². The van der Waals surface area contributed by atoms with Gasteiger partial charge in [-0.2, -0.15) is 0 Å². The first kappa shape index (κ1) is 30.4. The van der Waals surface area contributed by atoms with Gasteiger partial charge >= 0.3 is 0 Å². The van der Waals surface area contributed by atoms with Crippen LogP contribution in [0.2, 0.25) is 0 Å². The maximum atomic E-state index is 5.58. The summed E-state index contributed by atoms with van der Waals surface area (Å²) in [4.78, 5) is 11.3. The van der Waals surface area contributed by atoms with Crippen LogP contribution in [0.15, 0.2) is 77.5 Å². The van der Waals surface area contributed by atoms with E-state index in [0.717, 1.165) is 32.2 Å². The maximum absolute atomic E-state index is 5.58. The quantitative estimate of drug-likeness (QED) is 0.255. The van der Waals surface area contributed by atoms with Gasteiger partial charge in [-0.25, -0.2) is 0 Å². The minimum absolute atomic E-state index is 0.0259. The number of nitrogens with one attached hydrogen (secondary N) is 1. The molecule has 1 N–H and O–H groups in total. The van der Waals surface area contributed by atoms with Gasteiger partial charge in [0, 0.05) is 38.5 Å². The van der Waals surface area contributed by atoms with Gasteiger partial charge < -0.3 is 5.32 Å². The first-order chi connectivity index (χ1) is 22.6. The second kappa shape index (κ2) is 10.4. The molecule has 6 aliphatic carbocycles. The molecule has 2 aliphatic heterocycles. The van der Waals surface area contributed by atoms with Crippen molar-refractivity contribution in [1.29, 1.82) is 0 Å². The molecule has 9 atom stereocenters. The highest BCUT2D eigenvalue weighted by Gasteiger charge is 2.58. The number of aliphatic imine (C=N–C) groups is 1. The van der Waals surface area contributed by atoms with E-state index in [-0.39, 0.29) is 33.4 Å². The van der Waals surface area contributed by atoms with E-state index in [2.05, 4.69) is 129 Å². The highest BCUT2D eigenvalue weighted by atomic mass is 32.1. The molecule has 0 radical (unpaired) electrons. The Bertz CT molecular complexity index is 1760. The first-order valence-corrected chi connectivity index (χ1v) is 19.4. The number of nitrogens with zero attached hydrogens (tertiary/aromatic N) is 2. The number of hydrogen-bond acceptors (Lipinski definition) is 4. The third-order valence-corrected chi connectivity index (χ3v) is 15.6. The lowest BCUT2D eigenvalue weighted by Crippen LogP contribution is -2.50. The van der Waals surface area contributed by atoms with Crippen molar-refractivity contribution in [2.24, 2.45) is 38.0 Å². The summed E-state index contributed by atoms with van der Waals surface area (Å²) in [6, 6.07) is 0.491. The summed E-state index contributed by atoms with van der Waals surface area (Å²) < 4.78 is 0. The summed E-state index contributed by atoms with van der Waals surface area (Å²) >= 11 is 2.07. The maximum Gasteiger partial charge on any atom is 0.176 e. The molecule has 47 heavy (non-hydrogen) atoms. The Morgan fingerprint density at radius 3 is 2.53 bits per heavy atom. The zero-order chi connectivity index (χ0) is 32.2. The highest BCUT2D eigenvalue weighted by molar-refractivity contribution is 7.14. The van der Waals surface area contributed by atoms with Crippen molar-refractivity contribution in [3.63, 3.8) is 0 Å². The lowest BCUT2D eigenvalue weighted by molar-refractivity contribution is 0.00806. The number of allylic oxidation sites excluding steroid dienone is 13. The molecule has 3 heterocycles. The van der Waals surface area contributed by atoms with Crippen LogP contribution in [0.3, 0.4) is 0 Å². The Labute approximate surface area is 287 Å². The molecular weight excluding hydrogens is 591 g/mol. The molecule has 0 bridgehead atoms. The molecule has 1 fully saturated rings. The van der Waals surface area contributed by atoms with Gasteiger partial charge in [-0.15, -0.1) is 11.3 Å². The van der Waals surface area contributed by atoms with E-state index in [1.807, 2.05) is 0 Å². The Morgan fingerprint density at radius 2 is 1.72 bits per heavy atom. The number of fused-ring (bicyclic) bond motifs is 5. The molecular formula is C43H53N3S. The van der Waals surface area contributed by atoms with Gasteiger partial charge in [-0.1, -0.05) is 101 Å². The molecule has 0 aromatic carbocycles. The van der Waals surface area contributed by atoms with Crippen LogP contribution >= 0.6 is 11.3 Å². The van der Waals surface area contributed by atoms with Crippen LogP contribution in [0.5, 0.6) is 0 Å². The zero-order valence-corrected chi connectivity index (χ0v) is 30.1. The molecule has 0 saturated carbocycles. The van der Waals surface area contributed by atoms with E-state index in [1.165, 1.54) is 54.8 Å². The average Bonchev–Trinajstić information content (AvgIpc) is 3.64. The highest BCUT2D eigenvalue weighted by Crippen LogP contribution is 2.63. The van der Waals surface area contributed by atoms with Gasteiger partial charge in [0.15, 0.2) is 6.29 Å². The first-order valence-electron chi connectivity index (χ1n) is 18.6. The fraction of sp³-hybridized carbons (Fsp3) is 0.558. The van der Waals surface area contributed by atoms with E-state index in [1.54, 1.807) is 21.6 Å². The summed E-state index contributed by atoms with van der Waals surface area (Å²) in [5, 5.41) is 4.14. The van der Waals surface area contributed by atoms with Gasteiger partial charge in [-0.05, 0) is 109 Å². The van der Waals surface area contributed by atoms with Crippen LogP contribution in [0.1, 0.15) is 107 Å². The van der Waals surface area contributed by atoms with Crippen molar-refractivity contribution < 1.29 is 0 Å². The largest absolute Gasteiger partial charge is 0.354 e. The summed E-state index contributed by atoms with van der Waals surface area (Å²) in [5.41, 5.74) is 8.48. The number of hydrogen-bond donors (Lipinski definition) is 1. The average molecular weight is 644 g/mol. The van der Waals surface area contributed by atoms with Crippen LogP contribution < -0.4 is 5.32 Å². The molecule has 1 saturated heterocycles. The van der Waals surface area contributed by atoms with Crippen molar-refractivity contribution in [3.8, 4) is 0 Å². The second-order valence-electron chi connectivity index (χ2n) is 17.3. The molecule has 9 rings (SSSR count). The topological polar surface area (TPSA) is 27.4 Å². The molecule has 0 amide bonds. The van der Waals surface area contributed by atoms with Crippen molar-refractivity contribution in [2.75, 3.05) is 6.54 Å². The molecule has 8 aliphatic rings. The smallest absolute Gasteiger partial charge is 0.176 e. The Balaban J connectivity index is 1.02. The van der Waals surface area contributed by atoms with Crippen molar-refractivity contribution in [2.45, 2.75) is 111 Å². The summed E-state index contributed by atoms with van der Waals surface area (Å²) in [5.74, 6) is 0.519. The zero-order valence-electron chi connectivity index (χ0n) is 29.2. The molecule has 3 nitrogen and oxygen atoms in total. The summed E-state index contributed by atoms with van der Waals surface area (Å²) in [6.45, 7) is 13.7. The third-order valence-electron chi connectivity index (χ3n) is 14.3. The van der Waals surface area contributed by atoms with E-state index in [0.29, 0.717) is 12.0 Å². The van der Waals surface area contributed by atoms with Gasteiger partial charge in [-0.3, -0.25) is 9.89 Å². The van der Waals surface area contributed by atoms with Gasteiger partial charge in [0.05, 0.1) is 6.04 Å². The number of rotatable bonds is 5. The molecule has 4 heteroatoms. The lowest BCUT2D eigenvalue weighted by atomic mass is 9.46. The molecule has 1 aromatic rings. The molecule has 0 spiro atoms. The van der Waals surface area contributed by atoms with Crippen LogP contribution in [0, 0.1) is 33.0 Å². The Hall–Kier alpha value is -2.69. The lowest BCUT2D eigenvalue weighted by Gasteiger charge is -2.57. The van der Waals surface area contributed by atoms with Crippen molar-refractivity contribution >= 4 is 28.7 Å². The predicted molar refractivity (Wildman–Crippen MR) is 199 cm³/mol. The van der Waals surface area contributed by atoms with E-state index in [4.69, 9.17) is 4.99 Å². The predicted octanol–water partition coefficient (Wildman–Crippen LogP) is 10.2. The molecule has 246 valence electrons. The van der Waals surface area contributed by atoms with Gasteiger partial charge in [0.1, 0.15) is 0 Å². The Morgan fingerprint density at radius 1 is 0.830 bits per heavy atom. The van der Waals surface area contributed by atoms with Gasteiger partial charge in [0.2, 0.25) is 0 Å². The monoisotopic (exact) mass is 643 g/mol. The molecule has 8 unspecified atom stereocenters. The van der Waals surface area contributed by atoms with Crippen LogP contribution in [-0.4, -0.2) is 29.5 Å². The van der Waals surface area contributed by atoms with Crippen LogP contribution in [0.4, 0.5) is 0 Å². The summed E-state index contributed by atoms with van der Waals surface area (Å²) in [6.07, 6.45) is 41.1. The fourth-order valence-electron chi connectivity index (χ4n) is 10.9. The number of thiophene rings is 1. The van der Waals surface area contributed by atoms with Crippen molar-refractivity contribution in [1.82, 2.24) is 10.2 Å². The minimum Gasteiger partial charge on any atom is -0.354 e. The minimum atomic E-state index is 0.0259. The van der Waals surface area contributed by atoms with Gasteiger partial charge in [0.25, 0.3) is 0 Å². The van der Waals surface area contributed by atoms with Crippen LogP contribution in [0.25, 0.3) is 11.6 Å². The second-order valence-corrected chi connectivity index (χ2v) is 18.4. The normalized spacial score (nSPS) is 44.1. The molecule has 1 aromatic heterocycles. The Kier molecular flexibility index (Phi) is 6.73. The van der Waals surface area contributed by atoms with Crippen molar-refractivity contribution in [3.05, 3.63) is 93.4 Å².